The normalized spacial score (nSPS) is 22.9. The summed E-state index contributed by atoms with van der Waals surface area (Å²) in [5.74, 6) is 2.07. The standard InChI is InChI=1S/C31H39N3O6/c1-38-26-11-5-21(6-12-26)18-34-30(29(31(36)37)32-33-34)40-28-15-9-25(10-16-28)24-7-13-27(14-8-24)39-20-23-4-2-3-22(17-23)19-35/h5-8,11-14,22-23,25,28,35H,2-4,9-10,15-20H2,1H3,(H,36,37)/t22-,23-,25-,28-/m0/s1. The van der Waals surface area contributed by atoms with Crippen LogP contribution in [-0.4, -0.2) is 57.6 Å². The van der Waals surface area contributed by atoms with Crippen LogP contribution in [0.4, 0.5) is 0 Å². The van der Waals surface area contributed by atoms with Crippen molar-refractivity contribution >= 4 is 5.97 Å². The maximum Gasteiger partial charge on any atom is 0.362 e. The van der Waals surface area contributed by atoms with Crippen molar-refractivity contribution in [2.75, 3.05) is 20.3 Å². The van der Waals surface area contributed by atoms with Crippen LogP contribution in [-0.2, 0) is 6.54 Å². The smallest absolute Gasteiger partial charge is 0.362 e. The predicted molar refractivity (Wildman–Crippen MR) is 149 cm³/mol. The van der Waals surface area contributed by atoms with E-state index in [2.05, 4.69) is 34.6 Å². The number of benzene rings is 2. The van der Waals surface area contributed by atoms with Crippen LogP contribution < -0.4 is 14.2 Å². The molecule has 0 unspecified atom stereocenters. The number of hydrogen-bond donors (Lipinski definition) is 2. The van der Waals surface area contributed by atoms with Crippen LogP contribution in [0.1, 0.15) is 78.9 Å². The van der Waals surface area contributed by atoms with E-state index in [1.165, 1.54) is 23.1 Å². The van der Waals surface area contributed by atoms with Crippen molar-refractivity contribution in [2.45, 2.75) is 69.9 Å². The summed E-state index contributed by atoms with van der Waals surface area (Å²) >= 11 is 0. The molecule has 214 valence electrons. The largest absolute Gasteiger partial charge is 0.497 e. The van der Waals surface area contributed by atoms with Crippen LogP contribution in [0.25, 0.3) is 0 Å². The summed E-state index contributed by atoms with van der Waals surface area (Å²) in [6, 6.07) is 16.0. The molecule has 0 radical (unpaired) electrons. The Morgan fingerprint density at radius 1 is 0.950 bits per heavy atom. The number of ether oxygens (including phenoxy) is 3. The molecule has 0 aliphatic heterocycles. The van der Waals surface area contributed by atoms with E-state index < -0.39 is 5.97 Å². The van der Waals surface area contributed by atoms with Crippen molar-refractivity contribution < 1.29 is 29.2 Å². The van der Waals surface area contributed by atoms with Crippen molar-refractivity contribution in [2.24, 2.45) is 11.8 Å². The van der Waals surface area contributed by atoms with Crippen molar-refractivity contribution in [1.82, 2.24) is 15.0 Å². The quantitative estimate of drug-likeness (QED) is 0.330. The van der Waals surface area contributed by atoms with Gasteiger partial charge in [0.2, 0.25) is 11.6 Å². The van der Waals surface area contributed by atoms with Crippen LogP contribution in [0.3, 0.4) is 0 Å². The van der Waals surface area contributed by atoms with Gasteiger partial charge in [-0.25, -0.2) is 9.48 Å². The van der Waals surface area contributed by atoms with Gasteiger partial charge in [0.05, 0.1) is 20.3 Å². The lowest BCUT2D eigenvalue weighted by Gasteiger charge is -2.29. The second-order valence-electron chi connectivity index (χ2n) is 11.1. The van der Waals surface area contributed by atoms with Gasteiger partial charge < -0.3 is 24.4 Å². The highest BCUT2D eigenvalue weighted by Gasteiger charge is 2.28. The molecule has 2 aliphatic rings. The molecule has 2 N–H and O–H groups in total. The summed E-state index contributed by atoms with van der Waals surface area (Å²) in [7, 11) is 1.61. The highest BCUT2D eigenvalue weighted by molar-refractivity contribution is 5.87. The predicted octanol–water partition coefficient (Wildman–Crippen LogP) is 5.32. The van der Waals surface area contributed by atoms with E-state index in [9.17, 15) is 15.0 Å². The van der Waals surface area contributed by atoms with Crippen LogP contribution in [0.15, 0.2) is 48.5 Å². The number of aliphatic hydroxyl groups excluding tert-OH is 1. The van der Waals surface area contributed by atoms with Gasteiger partial charge in [0.1, 0.15) is 17.6 Å². The summed E-state index contributed by atoms with van der Waals surface area (Å²) in [6.07, 6.45) is 7.98. The third-order valence-electron chi connectivity index (χ3n) is 8.32. The van der Waals surface area contributed by atoms with E-state index in [0.717, 1.165) is 55.6 Å². The Balaban J connectivity index is 1.14. The number of carboxylic acids is 1. The van der Waals surface area contributed by atoms with Crippen molar-refractivity contribution in [1.29, 1.82) is 0 Å². The van der Waals surface area contributed by atoms with Crippen LogP contribution >= 0.6 is 0 Å². The average Bonchev–Trinajstić information content (AvgIpc) is 3.39. The molecule has 9 nitrogen and oxygen atoms in total. The molecule has 40 heavy (non-hydrogen) atoms. The van der Waals surface area contributed by atoms with Gasteiger partial charge in [0.25, 0.3) is 0 Å². The molecular formula is C31H39N3O6. The first-order valence-electron chi connectivity index (χ1n) is 14.3. The zero-order chi connectivity index (χ0) is 27.9. The number of aromatic carboxylic acids is 1. The summed E-state index contributed by atoms with van der Waals surface area (Å²) in [5.41, 5.74) is 2.07. The number of carbonyl (C=O) groups is 1. The fourth-order valence-electron chi connectivity index (χ4n) is 6.00. The Morgan fingerprint density at radius 2 is 1.65 bits per heavy atom. The second kappa shape index (κ2) is 13.2. The lowest BCUT2D eigenvalue weighted by atomic mass is 9.82. The number of hydrogen-bond acceptors (Lipinski definition) is 7. The Morgan fingerprint density at radius 3 is 2.33 bits per heavy atom. The van der Waals surface area contributed by atoms with Gasteiger partial charge in [-0.1, -0.05) is 35.9 Å². The molecule has 0 spiro atoms. The molecular weight excluding hydrogens is 510 g/mol. The first kappa shape index (κ1) is 28.0. The number of carboxylic acid groups (broad SMARTS) is 1. The minimum absolute atomic E-state index is 0.0942. The summed E-state index contributed by atoms with van der Waals surface area (Å²) in [4.78, 5) is 11.8. The molecule has 1 aromatic heterocycles. The average molecular weight is 550 g/mol. The van der Waals surface area contributed by atoms with Gasteiger partial charge in [0.15, 0.2) is 0 Å². The SMILES string of the molecule is COc1ccc(Cn2nnc(C(=O)O)c2O[C@H]2CC[C@H](c3ccc(OC[C@H]4CCC[C@H](CO)C4)cc3)CC2)cc1. The minimum Gasteiger partial charge on any atom is -0.497 e. The molecule has 1 heterocycles. The maximum absolute atomic E-state index is 11.8. The molecule has 2 saturated carbocycles. The van der Waals surface area contributed by atoms with Crippen molar-refractivity contribution in [3.05, 3.63) is 65.4 Å². The van der Waals surface area contributed by atoms with Crippen LogP contribution in [0, 0.1) is 11.8 Å². The van der Waals surface area contributed by atoms with Gasteiger partial charge in [0, 0.05) is 6.61 Å². The Bertz CT molecular complexity index is 1230. The van der Waals surface area contributed by atoms with E-state index in [0.29, 0.717) is 30.9 Å². The Hall–Kier alpha value is -3.59. The van der Waals surface area contributed by atoms with E-state index in [4.69, 9.17) is 14.2 Å². The topological polar surface area (TPSA) is 116 Å². The van der Waals surface area contributed by atoms with Crippen molar-refractivity contribution in [3.63, 3.8) is 0 Å². The lowest BCUT2D eigenvalue weighted by Crippen LogP contribution is -2.25. The third-order valence-corrected chi connectivity index (χ3v) is 8.32. The highest BCUT2D eigenvalue weighted by atomic mass is 16.5. The molecule has 0 saturated heterocycles. The first-order valence-corrected chi connectivity index (χ1v) is 14.3. The molecule has 9 heteroatoms. The van der Waals surface area contributed by atoms with Gasteiger partial charge >= 0.3 is 5.97 Å². The van der Waals surface area contributed by atoms with E-state index in [1.807, 2.05) is 24.3 Å². The Labute approximate surface area is 235 Å². The zero-order valence-electron chi connectivity index (χ0n) is 23.1. The Kier molecular flexibility index (Phi) is 9.21. The van der Waals surface area contributed by atoms with E-state index in [1.54, 1.807) is 7.11 Å². The molecule has 0 bridgehead atoms. The molecule has 2 fully saturated rings. The van der Waals surface area contributed by atoms with E-state index >= 15 is 0 Å². The number of nitrogens with zero attached hydrogens (tertiary/aromatic N) is 3. The zero-order valence-corrected chi connectivity index (χ0v) is 23.1. The lowest BCUT2D eigenvalue weighted by molar-refractivity contribution is 0.0676. The number of aromatic nitrogens is 3. The number of methoxy groups -OCH3 is 1. The molecule has 2 atom stereocenters. The minimum atomic E-state index is -1.15. The fourth-order valence-corrected chi connectivity index (χ4v) is 6.00. The van der Waals surface area contributed by atoms with Crippen LogP contribution in [0.5, 0.6) is 17.4 Å². The molecule has 0 amide bonds. The number of rotatable bonds is 11. The molecule has 5 rings (SSSR count). The summed E-state index contributed by atoms with van der Waals surface area (Å²) < 4.78 is 19.1. The summed E-state index contributed by atoms with van der Waals surface area (Å²) in [6.45, 7) is 1.34. The highest BCUT2D eigenvalue weighted by Crippen LogP contribution is 2.36. The fraction of sp³-hybridized carbons (Fsp3) is 0.516. The second-order valence-corrected chi connectivity index (χ2v) is 11.1. The monoisotopic (exact) mass is 549 g/mol. The molecule has 2 aliphatic carbocycles. The molecule has 3 aromatic rings. The van der Waals surface area contributed by atoms with Gasteiger partial charge in [-0.2, -0.15) is 0 Å². The maximum atomic E-state index is 11.8. The van der Waals surface area contributed by atoms with Gasteiger partial charge in [-0.05, 0) is 98.1 Å². The van der Waals surface area contributed by atoms with E-state index in [-0.39, 0.29) is 24.3 Å². The van der Waals surface area contributed by atoms with Gasteiger partial charge in [-0.3, -0.25) is 0 Å². The van der Waals surface area contributed by atoms with Gasteiger partial charge in [-0.15, -0.1) is 5.10 Å². The summed E-state index contributed by atoms with van der Waals surface area (Å²) in [5, 5.41) is 27.1. The van der Waals surface area contributed by atoms with Crippen LogP contribution in [0.2, 0.25) is 0 Å². The molecule has 2 aromatic carbocycles. The number of aliphatic hydroxyl groups is 1. The first-order chi connectivity index (χ1) is 19.5. The third kappa shape index (κ3) is 6.94. The van der Waals surface area contributed by atoms with Crippen molar-refractivity contribution in [3.8, 4) is 17.4 Å².